The maximum Gasteiger partial charge on any atom is 0.122 e. The minimum absolute atomic E-state index is 0.163. The minimum Gasteiger partial charge on any atom is -0.395 e. The van der Waals surface area contributed by atoms with Gasteiger partial charge in [-0.3, -0.25) is 4.90 Å². The molecule has 0 amide bonds. The van der Waals surface area contributed by atoms with E-state index < -0.39 is 0 Å². The van der Waals surface area contributed by atoms with Crippen LogP contribution >= 0.6 is 0 Å². The number of imidazole rings is 1. The lowest BCUT2D eigenvalue weighted by Crippen LogP contribution is -2.31. The third-order valence-corrected chi connectivity index (χ3v) is 2.54. The summed E-state index contributed by atoms with van der Waals surface area (Å²) in [4.78, 5) is 6.45. The van der Waals surface area contributed by atoms with E-state index in [-0.39, 0.29) is 6.61 Å². The van der Waals surface area contributed by atoms with Gasteiger partial charge in [-0.2, -0.15) is 0 Å². The fourth-order valence-electron chi connectivity index (χ4n) is 1.61. The van der Waals surface area contributed by atoms with Gasteiger partial charge in [-0.1, -0.05) is 0 Å². The van der Waals surface area contributed by atoms with Crippen molar-refractivity contribution in [3.05, 3.63) is 18.2 Å². The van der Waals surface area contributed by atoms with Gasteiger partial charge in [0.1, 0.15) is 5.82 Å². The van der Waals surface area contributed by atoms with E-state index in [1.54, 1.807) is 7.11 Å². The van der Waals surface area contributed by atoms with E-state index in [0.29, 0.717) is 13.2 Å². The summed E-state index contributed by atoms with van der Waals surface area (Å²) in [7, 11) is 1.68. The predicted octanol–water partition coefficient (Wildman–Crippen LogP) is 0.344. The van der Waals surface area contributed by atoms with E-state index in [0.717, 1.165) is 25.5 Å². The third-order valence-electron chi connectivity index (χ3n) is 2.54. The van der Waals surface area contributed by atoms with Gasteiger partial charge in [-0.15, -0.1) is 0 Å². The average molecular weight is 227 g/mol. The van der Waals surface area contributed by atoms with Gasteiger partial charge in [0.2, 0.25) is 0 Å². The molecule has 1 heterocycles. The van der Waals surface area contributed by atoms with Crippen molar-refractivity contribution in [3.8, 4) is 0 Å². The van der Waals surface area contributed by atoms with Crippen LogP contribution in [0.1, 0.15) is 12.7 Å². The first-order chi connectivity index (χ1) is 7.81. The van der Waals surface area contributed by atoms with Crippen LogP contribution in [0.2, 0.25) is 0 Å². The molecule has 0 radical (unpaired) electrons. The highest BCUT2D eigenvalue weighted by molar-refractivity contribution is 4.92. The Balaban J connectivity index is 2.52. The zero-order valence-electron chi connectivity index (χ0n) is 10.1. The normalized spacial score (nSPS) is 11.2. The molecule has 0 aliphatic carbocycles. The number of rotatable bonds is 8. The van der Waals surface area contributed by atoms with Crippen molar-refractivity contribution in [1.29, 1.82) is 0 Å². The van der Waals surface area contributed by atoms with E-state index in [4.69, 9.17) is 9.84 Å². The molecule has 5 heteroatoms. The molecule has 0 fully saturated rings. The van der Waals surface area contributed by atoms with Crippen LogP contribution in [0, 0.1) is 0 Å². The number of hydrogen-bond donors (Lipinski definition) is 1. The second kappa shape index (κ2) is 7.38. The highest BCUT2D eigenvalue weighted by Gasteiger charge is 2.08. The first-order valence-corrected chi connectivity index (χ1v) is 5.64. The molecule has 1 N–H and O–H groups in total. The number of aliphatic hydroxyl groups is 1. The van der Waals surface area contributed by atoms with Gasteiger partial charge in [0.15, 0.2) is 0 Å². The zero-order chi connectivity index (χ0) is 11.8. The van der Waals surface area contributed by atoms with E-state index >= 15 is 0 Å². The fourth-order valence-corrected chi connectivity index (χ4v) is 1.61. The van der Waals surface area contributed by atoms with Crippen LogP contribution in [0.4, 0.5) is 0 Å². The summed E-state index contributed by atoms with van der Waals surface area (Å²) in [6.45, 7) is 6.07. The first kappa shape index (κ1) is 13.2. The van der Waals surface area contributed by atoms with Gasteiger partial charge in [-0.05, 0) is 6.92 Å². The van der Waals surface area contributed by atoms with E-state index in [2.05, 4.69) is 21.4 Å². The van der Waals surface area contributed by atoms with Crippen molar-refractivity contribution in [2.75, 3.05) is 33.4 Å². The summed E-state index contributed by atoms with van der Waals surface area (Å²) >= 11 is 0. The number of methoxy groups -OCH3 is 1. The first-order valence-electron chi connectivity index (χ1n) is 5.64. The van der Waals surface area contributed by atoms with E-state index in [1.807, 2.05) is 12.4 Å². The molecule has 1 aromatic rings. The quantitative estimate of drug-likeness (QED) is 0.696. The lowest BCUT2D eigenvalue weighted by atomic mass is 10.4. The Bertz CT molecular complexity index is 289. The SMILES string of the molecule is CCn1ccnc1CN(CCO)CCOC. The Hall–Kier alpha value is -0.910. The molecule has 0 atom stereocenters. The lowest BCUT2D eigenvalue weighted by molar-refractivity contribution is 0.124. The Morgan fingerprint density at radius 1 is 1.50 bits per heavy atom. The molecule has 1 aromatic heterocycles. The number of aryl methyl sites for hydroxylation is 1. The Labute approximate surface area is 96.7 Å². The fraction of sp³-hybridized carbons (Fsp3) is 0.727. The van der Waals surface area contributed by atoms with Crippen LogP contribution in [0.15, 0.2) is 12.4 Å². The van der Waals surface area contributed by atoms with Gasteiger partial charge in [0.05, 0.1) is 19.8 Å². The molecular weight excluding hydrogens is 206 g/mol. The lowest BCUT2D eigenvalue weighted by Gasteiger charge is -2.20. The van der Waals surface area contributed by atoms with Crippen molar-refractivity contribution < 1.29 is 9.84 Å². The van der Waals surface area contributed by atoms with Crippen LogP contribution < -0.4 is 0 Å². The Morgan fingerprint density at radius 3 is 2.94 bits per heavy atom. The zero-order valence-corrected chi connectivity index (χ0v) is 10.1. The van der Waals surface area contributed by atoms with Crippen LogP contribution in [-0.2, 0) is 17.8 Å². The third kappa shape index (κ3) is 3.92. The molecule has 1 rings (SSSR count). The highest BCUT2D eigenvalue weighted by Crippen LogP contribution is 2.02. The molecular formula is C11H21N3O2. The van der Waals surface area contributed by atoms with Gasteiger partial charge in [-0.25, -0.2) is 4.98 Å². The Kier molecular flexibility index (Phi) is 6.07. The number of hydrogen-bond acceptors (Lipinski definition) is 4. The molecule has 0 aliphatic heterocycles. The van der Waals surface area contributed by atoms with Crippen molar-refractivity contribution >= 4 is 0 Å². The predicted molar refractivity (Wildman–Crippen MR) is 62.1 cm³/mol. The number of nitrogens with zero attached hydrogens (tertiary/aromatic N) is 3. The molecule has 0 spiro atoms. The molecule has 0 aromatic carbocycles. The molecule has 0 saturated heterocycles. The maximum atomic E-state index is 8.98. The summed E-state index contributed by atoms with van der Waals surface area (Å²) in [5, 5.41) is 8.98. The molecule has 0 bridgehead atoms. The van der Waals surface area contributed by atoms with E-state index in [9.17, 15) is 0 Å². The van der Waals surface area contributed by atoms with Crippen LogP contribution in [0.5, 0.6) is 0 Å². The van der Waals surface area contributed by atoms with Gasteiger partial charge < -0.3 is 14.4 Å². The number of ether oxygens (including phenoxy) is 1. The van der Waals surface area contributed by atoms with Crippen molar-refractivity contribution in [2.45, 2.75) is 20.0 Å². The van der Waals surface area contributed by atoms with Crippen molar-refractivity contribution in [1.82, 2.24) is 14.5 Å². The molecule has 0 aliphatic rings. The second-order valence-electron chi connectivity index (χ2n) is 3.62. The maximum absolute atomic E-state index is 8.98. The van der Waals surface area contributed by atoms with E-state index in [1.165, 1.54) is 0 Å². The second-order valence-corrected chi connectivity index (χ2v) is 3.62. The monoisotopic (exact) mass is 227 g/mol. The average Bonchev–Trinajstić information content (AvgIpc) is 2.73. The standard InChI is InChI=1S/C11H21N3O2/c1-3-14-5-4-12-11(14)10-13(6-8-15)7-9-16-2/h4-5,15H,3,6-10H2,1-2H3. The highest BCUT2D eigenvalue weighted by atomic mass is 16.5. The molecule has 5 nitrogen and oxygen atoms in total. The molecule has 16 heavy (non-hydrogen) atoms. The summed E-state index contributed by atoms with van der Waals surface area (Å²) in [6.07, 6.45) is 3.79. The minimum atomic E-state index is 0.163. The number of aliphatic hydroxyl groups excluding tert-OH is 1. The summed E-state index contributed by atoms with van der Waals surface area (Å²) in [6, 6.07) is 0. The Morgan fingerprint density at radius 2 is 2.31 bits per heavy atom. The molecule has 92 valence electrons. The summed E-state index contributed by atoms with van der Waals surface area (Å²) < 4.78 is 7.15. The smallest absolute Gasteiger partial charge is 0.122 e. The van der Waals surface area contributed by atoms with Gasteiger partial charge in [0, 0.05) is 39.1 Å². The molecule has 0 unspecified atom stereocenters. The van der Waals surface area contributed by atoms with Crippen LogP contribution in [-0.4, -0.2) is 53.0 Å². The van der Waals surface area contributed by atoms with Gasteiger partial charge in [0.25, 0.3) is 0 Å². The summed E-state index contributed by atoms with van der Waals surface area (Å²) in [5.41, 5.74) is 0. The number of aromatic nitrogens is 2. The molecule has 0 saturated carbocycles. The van der Waals surface area contributed by atoms with Gasteiger partial charge >= 0.3 is 0 Å². The van der Waals surface area contributed by atoms with Crippen molar-refractivity contribution in [3.63, 3.8) is 0 Å². The van der Waals surface area contributed by atoms with Crippen LogP contribution in [0.3, 0.4) is 0 Å². The topological polar surface area (TPSA) is 50.5 Å². The summed E-state index contributed by atoms with van der Waals surface area (Å²) in [5.74, 6) is 1.03. The van der Waals surface area contributed by atoms with Crippen molar-refractivity contribution in [2.24, 2.45) is 0 Å². The van der Waals surface area contributed by atoms with Crippen LogP contribution in [0.25, 0.3) is 0 Å². The largest absolute Gasteiger partial charge is 0.395 e.